The zero-order valence-corrected chi connectivity index (χ0v) is 13.3. The number of benzene rings is 3. The van der Waals surface area contributed by atoms with Gasteiger partial charge in [0.2, 0.25) is 34.8 Å². The SMILES string of the molecule is O=C(Oc1ccccc1-c1ccccc1)Oc1c(F)c(F)c(F)c(F)c1F. The number of para-hydroxylation sites is 1. The van der Waals surface area contributed by atoms with E-state index < -0.39 is 41.0 Å². The molecule has 0 saturated heterocycles. The molecule has 0 N–H and O–H groups in total. The summed E-state index contributed by atoms with van der Waals surface area (Å²) in [6, 6.07) is 14.8. The average Bonchev–Trinajstić information content (AvgIpc) is 2.69. The third-order valence-corrected chi connectivity index (χ3v) is 3.52. The first-order valence-corrected chi connectivity index (χ1v) is 7.45. The van der Waals surface area contributed by atoms with Crippen LogP contribution in [-0.2, 0) is 0 Å². The minimum atomic E-state index is -2.36. The molecule has 3 rings (SSSR count). The van der Waals surface area contributed by atoms with Gasteiger partial charge in [-0.2, -0.15) is 8.78 Å². The number of carbonyl (C=O) groups is 1. The summed E-state index contributed by atoms with van der Waals surface area (Å²) in [4.78, 5) is 11.9. The first-order chi connectivity index (χ1) is 12.9. The minimum Gasteiger partial charge on any atom is -0.394 e. The lowest BCUT2D eigenvalue weighted by molar-refractivity contribution is 0.146. The van der Waals surface area contributed by atoms with E-state index in [1.165, 1.54) is 12.1 Å². The molecule has 0 saturated carbocycles. The number of ether oxygens (including phenoxy) is 2. The van der Waals surface area contributed by atoms with Crippen molar-refractivity contribution >= 4 is 6.16 Å². The summed E-state index contributed by atoms with van der Waals surface area (Å²) in [7, 11) is 0. The Labute approximate surface area is 149 Å². The molecular formula is C19H9F5O3. The second kappa shape index (κ2) is 7.45. The molecule has 0 aromatic heterocycles. The topological polar surface area (TPSA) is 35.5 Å². The van der Waals surface area contributed by atoms with Crippen molar-refractivity contribution in [2.45, 2.75) is 0 Å². The average molecular weight is 380 g/mol. The molecular weight excluding hydrogens is 371 g/mol. The molecule has 3 aromatic rings. The Bertz CT molecular complexity index is 977. The fourth-order valence-electron chi connectivity index (χ4n) is 2.28. The van der Waals surface area contributed by atoms with Crippen LogP contribution in [0.4, 0.5) is 26.7 Å². The standard InChI is InChI=1S/C19H9F5O3/c20-13-14(21)16(23)18(17(24)15(13)22)27-19(25)26-12-9-5-4-8-11(12)10-6-2-1-3-7-10/h1-9H. The van der Waals surface area contributed by atoms with Gasteiger partial charge in [0, 0.05) is 5.56 Å². The van der Waals surface area contributed by atoms with Crippen LogP contribution < -0.4 is 9.47 Å². The van der Waals surface area contributed by atoms with Crippen molar-refractivity contribution in [3.05, 3.63) is 83.7 Å². The van der Waals surface area contributed by atoms with Crippen molar-refractivity contribution < 1.29 is 36.2 Å². The molecule has 0 unspecified atom stereocenters. The number of hydrogen-bond acceptors (Lipinski definition) is 3. The number of hydrogen-bond donors (Lipinski definition) is 0. The smallest absolute Gasteiger partial charge is 0.394 e. The molecule has 3 aromatic carbocycles. The van der Waals surface area contributed by atoms with Gasteiger partial charge in [0.1, 0.15) is 5.75 Å². The van der Waals surface area contributed by atoms with Crippen molar-refractivity contribution in [1.82, 2.24) is 0 Å². The molecule has 8 heteroatoms. The molecule has 0 radical (unpaired) electrons. The van der Waals surface area contributed by atoms with E-state index in [2.05, 4.69) is 4.74 Å². The van der Waals surface area contributed by atoms with E-state index in [4.69, 9.17) is 4.74 Å². The maximum atomic E-state index is 13.6. The summed E-state index contributed by atoms with van der Waals surface area (Å²) >= 11 is 0. The highest BCUT2D eigenvalue weighted by molar-refractivity contribution is 5.75. The van der Waals surface area contributed by atoms with Crippen molar-refractivity contribution in [2.24, 2.45) is 0 Å². The van der Waals surface area contributed by atoms with E-state index in [-0.39, 0.29) is 5.75 Å². The largest absolute Gasteiger partial charge is 0.519 e. The van der Waals surface area contributed by atoms with Crippen LogP contribution in [0.1, 0.15) is 0 Å². The van der Waals surface area contributed by atoms with Crippen molar-refractivity contribution in [3.63, 3.8) is 0 Å². The van der Waals surface area contributed by atoms with Gasteiger partial charge in [0.25, 0.3) is 0 Å². The van der Waals surface area contributed by atoms with Gasteiger partial charge in [-0.15, -0.1) is 0 Å². The summed E-state index contributed by atoms with van der Waals surface area (Å²) in [5.74, 6) is -13.2. The van der Waals surface area contributed by atoms with E-state index in [0.717, 1.165) is 0 Å². The number of rotatable bonds is 3. The summed E-state index contributed by atoms with van der Waals surface area (Å²) < 4.78 is 75.7. The van der Waals surface area contributed by atoms with E-state index in [1.807, 2.05) is 0 Å². The Balaban J connectivity index is 1.89. The van der Waals surface area contributed by atoms with Crippen LogP contribution in [0.15, 0.2) is 54.6 Å². The van der Waals surface area contributed by atoms with E-state index in [9.17, 15) is 26.7 Å². The van der Waals surface area contributed by atoms with Crippen LogP contribution >= 0.6 is 0 Å². The highest BCUT2D eigenvalue weighted by Crippen LogP contribution is 2.32. The summed E-state index contributed by atoms with van der Waals surface area (Å²) in [6.45, 7) is 0. The molecule has 0 spiro atoms. The van der Waals surface area contributed by atoms with Gasteiger partial charge >= 0.3 is 6.16 Å². The Morgan fingerprint density at radius 1 is 0.630 bits per heavy atom. The van der Waals surface area contributed by atoms with E-state index in [0.29, 0.717) is 11.1 Å². The van der Waals surface area contributed by atoms with Gasteiger partial charge in [0.05, 0.1) is 0 Å². The molecule has 0 aliphatic carbocycles. The maximum Gasteiger partial charge on any atom is 0.519 e. The van der Waals surface area contributed by atoms with E-state index in [1.54, 1.807) is 42.5 Å². The first kappa shape index (κ1) is 18.4. The number of carbonyl (C=O) groups excluding carboxylic acids is 1. The van der Waals surface area contributed by atoms with Gasteiger partial charge in [0.15, 0.2) is 0 Å². The lowest BCUT2D eigenvalue weighted by Crippen LogP contribution is -2.17. The third kappa shape index (κ3) is 3.59. The Hall–Kier alpha value is -3.42. The van der Waals surface area contributed by atoms with Gasteiger partial charge < -0.3 is 9.47 Å². The molecule has 0 bridgehead atoms. The predicted octanol–water partition coefficient (Wildman–Crippen LogP) is 5.63. The number of halogens is 5. The highest BCUT2D eigenvalue weighted by atomic mass is 19.2. The van der Waals surface area contributed by atoms with Gasteiger partial charge in [-0.3, -0.25) is 0 Å². The molecule has 138 valence electrons. The minimum absolute atomic E-state index is 0.0300. The van der Waals surface area contributed by atoms with Crippen molar-refractivity contribution in [1.29, 1.82) is 0 Å². The van der Waals surface area contributed by atoms with Crippen LogP contribution in [-0.4, -0.2) is 6.16 Å². The lowest BCUT2D eigenvalue weighted by Gasteiger charge is -2.11. The third-order valence-electron chi connectivity index (χ3n) is 3.52. The van der Waals surface area contributed by atoms with Crippen LogP contribution in [0.2, 0.25) is 0 Å². The van der Waals surface area contributed by atoms with E-state index >= 15 is 0 Å². The van der Waals surface area contributed by atoms with Crippen LogP contribution in [0.3, 0.4) is 0 Å². The first-order valence-electron chi connectivity index (χ1n) is 7.45. The molecule has 0 fully saturated rings. The zero-order valence-electron chi connectivity index (χ0n) is 13.3. The van der Waals surface area contributed by atoms with Crippen LogP contribution in [0, 0.1) is 29.1 Å². The second-order valence-electron chi connectivity index (χ2n) is 5.22. The molecule has 3 nitrogen and oxygen atoms in total. The zero-order chi connectivity index (χ0) is 19.6. The molecule has 0 aliphatic rings. The molecule has 0 atom stereocenters. The van der Waals surface area contributed by atoms with Gasteiger partial charge in [-0.05, 0) is 11.6 Å². The second-order valence-corrected chi connectivity index (χ2v) is 5.22. The fourth-order valence-corrected chi connectivity index (χ4v) is 2.28. The fraction of sp³-hybridized carbons (Fsp3) is 0. The Morgan fingerprint density at radius 2 is 1.15 bits per heavy atom. The maximum absolute atomic E-state index is 13.6. The van der Waals surface area contributed by atoms with Crippen molar-refractivity contribution in [3.8, 4) is 22.6 Å². The summed E-state index contributed by atoms with van der Waals surface area (Å²) in [5.41, 5.74) is 1.12. The van der Waals surface area contributed by atoms with Gasteiger partial charge in [-0.25, -0.2) is 18.0 Å². The summed E-state index contributed by atoms with van der Waals surface area (Å²) in [6.07, 6.45) is -1.67. The Morgan fingerprint density at radius 3 is 1.78 bits per heavy atom. The Kier molecular flexibility index (Phi) is 5.07. The quantitative estimate of drug-likeness (QED) is 0.194. The lowest BCUT2D eigenvalue weighted by atomic mass is 10.1. The van der Waals surface area contributed by atoms with Crippen LogP contribution in [0.5, 0.6) is 11.5 Å². The van der Waals surface area contributed by atoms with Crippen LogP contribution in [0.25, 0.3) is 11.1 Å². The molecule has 0 amide bonds. The monoisotopic (exact) mass is 380 g/mol. The normalized spacial score (nSPS) is 10.6. The molecule has 0 aliphatic heterocycles. The summed E-state index contributed by atoms with van der Waals surface area (Å²) in [5, 5.41) is 0. The molecule has 27 heavy (non-hydrogen) atoms. The highest BCUT2D eigenvalue weighted by Gasteiger charge is 2.29. The predicted molar refractivity (Wildman–Crippen MR) is 84.8 cm³/mol. The van der Waals surface area contributed by atoms with Crippen molar-refractivity contribution in [2.75, 3.05) is 0 Å². The van der Waals surface area contributed by atoms with Gasteiger partial charge in [-0.1, -0.05) is 48.5 Å². The molecule has 0 heterocycles.